The number of aromatic amines is 1. The number of anilines is 1. The van der Waals surface area contributed by atoms with E-state index in [1.165, 1.54) is 24.3 Å². The summed E-state index contributed by atoms with van der Waals surface area (Å²) in [5.41, 5.74) is 0.724. The molecule has 2 N–H and O–H groups in total. The van der Waals surface area contributed by atoms with E-state index in [0.29, 0.717) is 11.3 Å². The Morgan fingerprint density at radius 3 is 2.79 bits per heavy atom. The number of hydrogen-bond acceptors (Lipinski definition) is 3. The molecule has 0 fully saturated rings. The van der Waals surface area contributed by atoms with Gasteiger partial charge in [-0.15, -0.1) is 0 Å². The number of halogens is 2. The number of amides is 1. The first kappa shape index (κ1) is 13.4. The predicted molar refractivity (Wildman–Crippen MR) is 71.6 cm³/mol. The van der Waals surface area contributed by atoms with E-state index >= 15 is 0 Å². The summed E-state index contributed by atoms with van der Waals surface area (Å²) in [6, 6.07) is 5.28. The third-order valence-corrected chi connectivity index (χ3v) is 3.03. The number of benzene rings is 1. The van der Waals surface area contributed by atoms with E-state index in [1.807, 2.05) is 0 Å². The first-order valence-corrected chi connectivity index (χ1v) is 6.09. The second-order valence-corrected chi connectivity index (χ2v) is 4.70. The van der Waals surface area contributed by atoms with Gasteiger partial charge in [0.25, 0.3) is 11.5 Å². The zero-order chi connectivity index (χ0) is 14.0. The van der Waals surface area contributed by atoms with Crippen LogP contribution in [-0.4, -0.2) is 16.1 Å². The van der Waals surface area contributed by atoms with Crippen molar-refractivity contribution in [3.63, 3.8) is 0 Å². The molecule has 0 saturated carbocycles. The van der Waals surface area contributed by atoms with Gasteiger partial charge in [-0.05, 0) is 46.6 Å². The number of aryl methyl sites for hydroxylation is 1. The van der Waals surface area contributed by atoms with Gasteiger partial charge in [-0.2, -0.15) is 5.10 Å². The summed E-state index contributed by atoms with van der Waals surface area (Å²) in [6.07, 6.45) is 0. The quantitative estimate of drug-likeness (QED) is 0.889. The average Bonchev–Trinajstić information content (AvgIpc) is 2.36. The average molecular weight is 326 g/mol. The highest BCUT2D eigenvalue weighted by Gasteiger charge is 2.11. The van der Waals surface area contributed by atoms with Crippen molar-refractivity contribution >= 4 is 27.5 Å². The molecule has 0 unspecified atom stereocenters. The Bertz CT molecular complexity index is 679. The van der Waals surface area contributed by atoms with Crippen molar-refractivity contribution in [2.24, 2.45) is 0 Å². The Labute approximate surface area is 116 Å². The highest BCUT2D eigenvalue weighted by atomic mass is 79.9. The van der Waals surface area contributed by atoms with Crippen LogP contribution in [0.25, 0.3) is 0 Å². The fraction of sp³-hybridized carbons (Fsp3) is 0.0833. The number of nitrogens with one attached hydrogen (secondary N) is 2. The molecule has 0 spiro atoms. The molecule has 0 saturated heterocycles. The monoisotopic (exact) mass is 325 g/mol. The van der Waals surface area contributed by atoms with Gasteiger partial charge in [0.15, 0.2) is 0 Å². The second kappa shape index (κ2) is 5.31. The Morgan fingerprint density at radius 1 is 1.42 bits per heavy atom. The van der Waals surface area contributed by atoms with Gasteiger partial charge in [0.05, 0.1) is 4.47 Å². The Balaban J connectivity index is 2.26. The molecule has 98 valence electrons. The molecular formula is C12H9BrFN3O2. The van der Waals surface area contributed by atoms with Crippen LogP contribution in [0, 0.1) is 12.7 Å². The van der Waals surface area contributed by atoms with Crippen LogP contribution in [0.5, 0.6) is 0 Å². The Kier molecular flexibility index (Phi) is 3.75. The molecule has 1 amide bonds. The van der Waals surface area contributed by atoms with E-state index < -0.39 is 17.3 Å². The fourth-order valence-electron chi connectivity index (χ4n) is 1.44. The van der Waals surface area contributed by atoms with Crippen molar-refractivity contribution in [1.29, 1.82) is 0 Å². The summed E-state index contributed by atoms with van der Waals surface area (Å²) in [5, 5.41) is 8.37. The topological polar surface area (TPSA) is 74.8 Å². The van der Waals surface area contributed by atoms with Crippen molar-refractivity contribution < 1.29 is 9.18 Å². The summed E-state index contributed by atoms with van der Waals surface area (Å²) >= 11 is 3.05. The standard InChI is InChI=1S/C12H9BrFN3O2/c1-6-4-8(14)7(13)5-10(6)15-12(19)9-2-3-11(18)17-16-9/h2-5H,1H3,(H,15,19)(H,17,18). The molecule has 1 aromatic heterocycles. The summed E-state index contributed by atoms with van der Waals surface area (Å²) in [4.78, 5) is 22.7. The number of H-pyrrole nitrogens is 1. The maximum Gasteiger partial charge on any atom is 0.276 e. The Morgan fingerprint density at radius 2 is 2.16 bits per heavy atom. The lowest BCUT2D eigenvalue weighted by Gasteiger charge is -2.08. The lowest BCUT2D eigenvalue weighted by atomic mass is 10.2. The molecule has 1 aromatic carbocycles. The van der Waals surface area contributed by atoms with Crippen LogP contribution < -0.4 is 10.9 Å². The third-order valence-electron chi connectivity index (χ3n) is 2.43. The normalized spacial score (nSPS) is 10.3. The van der Waals surface area contributed by atoms with Crippen LogP contribution in [0.4, 0.5) is 10.1 Å². The molecule has 2 aromatic rings. The van der Waals surface area contributed by atoms with E-state index in [-0.39, 0.29) is 10.2 Å². The van der Waals surface area contributed by atoms with Crippen LogP contribution in [-0.2, 0) is 0 Å². The molecule has 0 aliphatic rings. The molecule has 0 aliphatic carbocycles. The van der Waals surface area contributed by atoms with Crippen LogP contribution in [0.1, 0.15) is 16.1 Å². The van der Waals surface area contributed by atoms with E-state index in [9.17, 15) is 14.0 Å². The first-order valence-electron chi connectivity index (χ1n) is 5.30. The molecule has 0 aliphatic heterocycles. The second-order valence-electron chi connectivity index (χ2n) is 3.84. The number of carbonyl (C=O) groups excluding carboxylic acids is 1. The summed E-state index contributed by atoms with van der Waals surface area (Å²) < 4.78 is 13.5. The zero-order valence-corrected chi connectivity index (χ0v) is 11.4. The van der Waals surface area contributed by atoms with Crippen molar-refractivity contribution in [2.45, 2.75) is 6.92 Å². The maximum atomic E-state index is 13.3. The van der Waals surface area contributed by atoms with Gasteiger partial charge in [0.2, 0.25) is 0 Å². The van der Waals surface area contributed by atoms with Crippen LogP contribution in [0.2, 0.25) is 0 Å². The van der Waals surface area contributed by atoms with Crippen LogP contribution in [0.3, 0.4) is 0 Å². The fourth-order valence-corrected chi connectivity index (χ4v) is 1.78. The number of rotatable bonds is 2. The first-order chi connectivity index (χ1) is 8.97. The molecule has 5 nitrogen and oxygen atoms in total. The van der Waals surface area contributed by atoms with Gasteiger partial charge in [-0.3, -0.25) is 9.59 Å². The third kappa shape index (κ3) is 3.05. The highest BCUT2D eigenvalue weighted by Crippen LogP contribution is 2.24. The number of hydrogen-bond donors (Lipinski definition) is 2. The van der Waals surface area contributed by atoms with Crippen molar-refractivity contribution in [3.05, 3.63) is 56.2 Å². The largest absolute Gasteiger partial charge is 0.320 e. The van der Waals surface area contributed by atoms with Crippen molar-refractivity contribution in [3.8, 4) is 0 Å². The van der Waals surface area contributed by atoms with Gasteiger partial charge in [-0.1, -0.05) is 0 Å². The molecule has 7 heteroatoms. The predicted octanol–water partition coefficient (Wildman–Crippen LogP) is 2.23. The minimum Gasteiger partial charge on any atom is -0.320 e. The summed E-state index contributed by atoms with van der Waals surface area (Å²) in [6.45, 7) is 1.67. The number of nitrogens with zero attached hydrogens (tertiary/aromatic N) is 1. The van der Waals surface area contributed by atoms with Crippen molar-refractivity contribution in [2.75, 3.05) is 5.32 Å². The number of aromatic nitrogens is 2. The minimum atomic E-state index is -0.488. The van der Waals surface area contributed by atoms with Gasteiger partial charge in [-0.25, -0.2) is 9.49 Å². The van der Waals surface area contributed by atoms with E-state index in [1.54, 1.807) is 6.92 Å². The summed E-state index contributed by atoms with van der Waals surface area (Å²) in [7, 11) is 0. The molecule has 0 bridgehead atoms. The molecule has 0 radical (unpaired) electrons. The maximum absolute atomic E-state index is 13.3. The van der Waals surface area contributed by atoms with Gasteiger partial charge >= 0.3 is 0 Å². The molecule has 1 heterocycles. The van der Waals surface area contributed by atoms with Gasteiger partial charge in [0.1, 0.15) is 11.5 Å². The lowest BCUT2D eigenvalue weighted by Crippen LogP contribution is -2.18. The van der Waals surface area contributed by atoms with Crippen LogP contribution in [0.15, 0.2) is 33.5 Å². The van der Waals surface area contributed by atoms with Gasteiger partial charge in [0, 0.05) is 11.8 Å². The van der Waals surface area contributed by atoms with E-state index in [4.69, 9.17) is 0 Å². The molecule has 0 atom stereocenters. The number of carbonyl (C=O) groups is 1. The molecular weight excluding hydrogens is 317 g/mol. The minimum absolute atomic E-state index is 0.0689. The lowest BCUT2D eigenvalue weighted by molar-refractivity contribution is 0.102. The van der Waals surface area contributed by atoms with Gasteiger partial charge < -0.3 is 5.32 Å². The highest BCUT2D eigenvalue weighted by molar-refractivity contribution is 9.10. The van der Waals surface area contributed by atoms with Crippen molar-refractivity contribution in [1.82, 2.24) is 10.2 Å². The SMILES string of the molecule is Cc1cc(F)c(Br)cc1NC(=O)c1ccc(=O)[nH]n1. The summed E-state index contributed by atoms with van der Waals surface area (Å²) in [5.74, 6) is -0.893. The molecule has 19 heavy (non-hydrogen) atoms. The van der Waals surface area contributed by atoms with E-state index in [2.05, 4.69) is 31.4 Å². The smallest absolute Gasteiger partial charge is 0.276 e. The van der Waals surface area contributed by atoms with Crippen LogP contribution >= 0.6 is 15.9 Å². The zero-order valence-electron chi connectivity index (χ0n) is 9.83. The molecule has 2 rings (SSSR count). The Hall–Kier alpha value is -2.02. The van der Waals surface area contributed by atoms with E-state index in [0.717, 1.165) is 0 Å².